The number of hydrogen-bond donors (Lipinski definition) is 1. The molecule has 4 heteroatoms. The minimum absolute atomic E-state index is 0.297. The quantitative estimate of drug-likeness (QED) is 0.872. The number of nitrogens with one attached hydrogen (secondary N) is 1. The Morgan fingerprint density at radius 3 is 2.53 bits per heavy atom. The summed E-state index contributed by atoms with van der Waals surface area (Å²) in [6.07, 6.45) is 0. The van der Waals surface area contributed by atoms with Gasteiger partial charge in [0.15, 0.2) is 0 Å². The molecule has 17 heavy (non-hydrogen) atoms. The first-order valence-electron chi connectivity index (χ1n) is 5.67. The first kappa shape index (κ1) is 14.3. The van der Waals surface area contributed by atoms with Gasteiger partial charge in [-0.2, -0.15) is 0 Å². The molecule has 0 saturated heterocycles. The molecule has 96 valence electrons. The van der Waals surface area contributed by atoms with Gasteiger partial charge in [0.1, 0.15) is 5.75 Å². The average Bonchev–Trinajstić information content (AvgIpc) is 2.30. The van der Waals surface area contributed by atoms with Gasteiger partial charge in [0, 0.05) is 18.9 Å². The summed E-state index contributed by atoms with van der Waals surface area (Å²) in [6.45, 7) is 5.04. The number of methoxy groups -OCH3 is 2. The summed E-state index contributed by atoms with van der Waals surface area (Å²) in [5.74, 6) is 1.33. The molecule has 1 atom stereocenters. The minimum atomic E-state index is 0.297. The molecule has 0 bridgehead atoms. The van der Waals surface area contributed by atoms with Gasteiger partial charge >= 0.3 is 0 Å². The van der Waals surface area contributed by atoms with Gasteiger partial charge in [-0.3, -0.25) is 0 Å². The van der Waals surface area contributed by atoms with Crippen LogP contribution in [0.3, 0.4) is 0 Å². The van der Waals surface area contributed by atoms with Crippen LogP contribution >= 0.6 is 15.9 Å². The van der Waals surface area contributed by atoms with Crippen molar-refractivity contribution in [3.8, 4) is 5.75 Å². The van der Waals surface area contributed by atoms with Crippen LogP contribution in [-0.2, 0) is 4.74 Å². The highest BCUT2D eigenvalue weighted by atomic mass is 79.9. The zero-order valence-corrected chi connectivity index (χ0v) is 12.4. The maximum atomic E-state index is 5.27. The van der Waals surface area contributed by atoms with Crippen LogP contribution in [0.25, 0.3) is 0 Å². The van der Waals surface area contributed by atoms with Crippen molar-refractivity contribution in [1.29, 1.82) is 0 Å². The standard InChI is InChI=1S/C13H20BrNO2/c1-9(2)12(8-16-3)15-10-5-6-11(14)13(7-10)17-4/h5-7,9,12,15H,8H2,1-4H3. The van der Waals surface area contributed by atoms with Crippen LogP contribution in [0.15, 0.2) is 22.7 Å². The molecular weight excluding hydrogens is 282 g/mol. The number of hydrogen-bond acceptors (Lipinski definition) is 3. The van der Waals surface area contributed by atoms with E-state index in [-0.39, 0.29) is 0 Å². The predicted molar refractivity (Wildman–Crippen MR) is 74.8 cm³/mol. The molecule has 0 aliphatic carbocycles. The Bertz CT molecular complexity index is 355. The van der Waals surface area contributed by atoms with Gasteiger partial charge in [0.05, 0.1) is 24.2 Å². The van der Waals surface area contributed by atoms with E-state index in [0.29, 0.717) is 18.6 Å². The maximum absolute atomic E-state index is 5.27. The van der Waals surface area contributed by atoms with Crippen molar-refractivity contribution in [3.63, 3.8) is 0 Å². The highest BCUT2D eigenvalue weighted by molar-refractivity contribution is 9.10. The van der Waals surface area contributed by atoms with Gasteiger partial charge < -0.3 is 14.8 Å². The van der Waals surface area contributed by atoms with Gasteiger partial charge in [-0.25, -0.2) is 0 Å². The molecule has 0 spiro atoms. The lowest BCUT2D eigenvalue weighted by molar-refractivity contribution is 0.171. The molecule has 1 aromatic rings. The molecule has 0 aromatic heterocycles. The fourth-order valence-corrected chi connectivity index (χ4v) is 1.95. The second-order valence-corrected chi connectivity index (χ2v) is 5.15. The summed E-state index contributed by atoms with van der Waals surface area (Å²) >= 11 is 3.44. The molecule has 1 rings (SSSR count). The smallest absolute Gasteiger partial charge is 0.135 e. The van der Waals surface area contributed by atoms with E-state index in [1.54, 1.807) is 14.2 Å². The van der Waals surface area contributed by atoms with Crippen LogP contribution in [0, 0.1) is 5.92 Å². The van der Waals surface area contributed by atoms with E-state index in [4.69, 9.17) is 9.47 Å². The lowest BCUT2D eigenvalue weighted by atomic mass is 10.1. The highest BCUT2D eigenvalue weighted by Gasteiger charge is 2.13. The van der Waals surface area contributed by atoms with Crippen molar-refractivity contribution in [2.75, 3.05) is 26.1 Å². The lowest BCUT2D eigenvalue weighted by Crippen LogP contribution is -2.30. The topological polar surface area (TPSA) is 30.5 Å². The highest BCUT2D eigenvalue weighted by Crippen LogP contribution is 2.28. The largest absolute Gasteiger partial charge is 0.495 e. The molecule has 0 amide bonds. The van der Waals surface area contributed by atoms with E-state index < -0.39 is 0 Å². The van der Waals surface area contributed by atoms with Crippen LogP contribution in [-0.4, -0.2) is 26.9 Å². The van der Waals surface area contributed by atoms with Crippen LogP contribution in [0.2, 0.25) is 0 Å². The SMILES string of the molecule is COCC(Nc1ccc(Br)c(OC)c1)C(C)C. The molecule has 0 saturated carbocycles. The fraction of sp³-hybridized carbons (Fsp3) is 0.538. The van der Waals surface area contributed by atoms with Crippen molar-refractivity contribution >= 4 is 21.6 Å². The van der Waals surface area contributed by atoms with Crippen molar-refractivity contribution in [1.82, 2.24) is 0 Å². The third kappa shape index (κ3) is 4.21. The zero-order chi connectivity index (χ0) is 12.8. The van der Waals surface area contributed by atoms with Crippen LogP contribution in [0.4, 0.5) is 5.69 Å². The number of anilines is 1. The van der Waals surface area contributed by atoms with Crippen LogP contribution < -0.4 is 10.1 Å². The lowest BCUT2D eigenvalue weighted by Gasteiger charge is -2.23. The summed E-state index contributed by atoms with van der Waals surface area (Å²) < 4.78 is 11.4. The molecule has 0 radical (unpaired) electrons. The third-order valence-corrected chi connectivity index (χ3v) is 3.31. The van der Waals surface area contributed by atoms with Gasteiger partial charge in [0.2, 0.25) is 0 Å². The zero-order valence-electron chi connectivity index (χ0n) is 10.8. The summed E-state index contributed by atoms with van der Waals surface area (Å²) in [6, 6.07) is 6.28. The van der Waals surface area contributed by atoms with E-state index in [1.165, 1.54) is 0 Å². The normalized spacial score (nSPS) is 12.6. The first-order valence-corrected chi connectivity index (χ1v) is 6.46. The predicted octanol–water partition coefficient (Wildman–Crippen LogP) is 3.54. The van der Waals surface area contributed by atoms with E-state index in [0.717, 1.165) is 15.9 Å². The Hall–Kier alpha value is -0.740. The van der Waals surface area contributed by atoms with E-state index >= 15 is 0 Å². The van der Waals surface area contributed by atoms with E-state index in [9.17, 15) is 0 Å². The molecule has 1 aromatic carbocycles. The van der Waals surface area contributed by atoms with Crippen molar-refractivity contribution in [2.24, 2.45) is 5.92 Å². The van der Waals surface area contributed by atoms with E-state index in [2.05, 4.69) is 35.1 Å². The Morgan fingerprint density at radius 1 is 1.29 bits per heavy atom. The molecule has 1 N–H and O–H groups in total. The summed E-state index contributed by atoms with van der Waals surface area (Å²) in [5, 5.41) is 3.46. The fourth-order valence-electron chi connectivity index (χ4n) is 1.54. The number of rotatable bonds is 6. The van der Waals surface area contributed by atoms with Crippen molar-refractivity contribution in [2.45, 2.75) is 19.9 Å². The second-order valence-electron chi connectivity index (χ2n) is 4.30. The number of halogens is 1. The second kappa shape index (κ2) is 6.87. The minimum Gasteiger partial charge on any atom is -0.495 e. The Balaban J connectivity index is 2.78. The molecular formula is C13H20BrNO2. The molecule has 0 aliphatic rings. The molecule has 1 unspecified atom stereocenters. The summed E-state index contributed by atoms with van der Waals surface area (Å²) in [7, 11) is 3.39. The van der Waals surface area contributed by atoms with Crippen molar-refractivity contribution < 1.29 is 9.47 Å². The maximum Gasteiger partial charge on any atom is 0.135 e. The summed E-state index contributed by atoms with van der Waals surface area (Å²) in [5.41, 5.74) is 1.04. The average molecular weight is 302 g/mol. The summed E-state index contributed by atoms with van der Waals surface area (Å²) in [4.78, 5) is 0. The van der Waals surface area contributed by atoms with Gasteiger partial charge in [0.25, 0.3) is 0 Å². The van der Waals surface area contributed by atoms with Gasteiger partial charge in [-0.1, -0.05) is 13.8 Å². The van der Waals surface area contributed by atoms with Gasteiger partial charge in [-0.15, -0.1) is 0 Å². The first-order chi connectivity index (χ1) is 8.08. The van der Waals surface area contributed by atoms with Crippen LogP contribution in [0.1, 0.15) is 13.8 Å². The number of ether oxygens (including phenoxy) is 2. The van der Waals surface area contributed by atoms with Gasteiger partial charge in [-0.05, 0) is 34.0 Å². The Morgan fingerprint density at radius 2 is 2.00 bits per heavy atom. The monoisotopic (exact) mass is 301 g/mol. The van der Waals surface area contributed by atoms with E-state index in [1.807, 2.05) is 18.2 Å². The molecule has 0 aliphatic heterocycles. The molecule has 0 fully saturated rings. The van der Waals surface area contributed by atoms with Crippen LogP contribution in [0.5, 0.6) is 5.75 Å². The molecule has 0 heterocycles. The third-order valence-electron chi connectivity index (χ3n) is 2.65. The number of benzene rings is 1. The Labute approximate surface area is 112 Å². The molecule has 3 nitrogen and oxygen atoms in total. The van der Waals surface area contributed by atoms with Crippen molar-refractivity contribution in [3.05, 3.63) is 22.7 Å². The Kier molecular flexibility index (Phi) is 5.78.